The summed E-state index contributed by atoms with van der Waals surface area (Å²) < 4.78 is 6.33. The van der Waals surface area contributed by atoms with E-state index in [0.29, 0.717) is 22.3 Å². The van der Waals surface area contributed by atoms with E-state index < -0.39 is 4.92 Å². The van der Waals surface area contributed by atoms with E-state index >= 15 is 0 Å². The fourth-order valence-corrected chi connectivity index (χ4v) is 5.29. The molecule has 1 fully saturated rings. The summed E-state index contributed by atoms with van der Waals surface area (Å²) in [6.07, 6.45) is 3.82. The third kappa shape index (κ3) is 6.99. The third-order valence-corrected chi connectivity index (χ3v) is 6.84. The van der Waals surface area contributed by atoms with Gasteiger partial charge in [-0.3, -0.25) is 24.7 Å². The number of aryl methyl sites for hydroxylation is 1. The Morgan fingerprint density at radius 2 is 2.09 bits per heavy atom. The highest BCUT2D eigenvalue weighted by atomic mass is 35.5. The summed E-state index contributed by atoms with van der Waals surface area (Å²) in [6.45, 7) is 6.54. The average Bonchev–Trinajstić information content (AvgIpc) is 3.25. The van der Waals surface area contributed by atoms with Crippen LogP contribution >= 0.6 is 35.3 Å². The van der Waals surface area contributed by atoms with E-state index in [9.17, 15) is 14.9 Å². The number of benzene rings is 2. The number of nitro groups is 1. The molecule has 1 aliphatic rings. The van der Waals surface area contributed by atoms with Crippen molar-refractivity contribution in [1.82, 2.24) is 9.88 Å². The minimum absolute atomic E-state index is 0. The third-order valence-electron chi connectivity index (χ3n) is 5.60. The van der Waals surface area contributed by atoms with Crippen molar-refractivity contribution in [1.29, 1.82) is 0 Å². The van der Waals surface area contributed by atoms with Crippen LogP contribution in [0, 0.1) is 17.0 Å². The van der Waals surface area contributed by atoms with Gasteiger partial charge in [0.25, 0.3) is 11.6 Å². The highest BCUT2D eigenvalue weighted by Crippen LogP contribution is 2.33. The van der Waals surface area contributed by atoms with Crippen LogP contribution in [-0.2, 0) is 9.53 Å². The lowest BCUT2D eigenvalue weighted by molar-refractivity contribution is -0.384. The molecule has 186 valence electrons. The molecule has 2 heterocycles. The Balaban J connectivity index is 0.00000342. The van der Waals surface area contributed by atoms with Crippen molar-refractivity contribution in [2.24, 2.45) is 0 Å². The topological polar surface area (TPSA) is 88.8 Å². The zero-order chi connectivity index (χ0) is 24.1. The van der Waals surface area contributed by atoms with E-state index in [0.717, 1.165) is 55.0 Å². The quantitative estimate of drug-likeness (QED) is 0.219. The number of nitro benzene ring substituents is 1. The number of hydrogen-bond donors (Lipinski definition) is 0. The molecule has 0 N–H and O–H groups in total. The van der Waals surface area contributed by atoms with Gasteiger partial charge in [-0.25, -0.2) is 4.98 Å². The Labute approximate surface area is 218 Å². The number of hydrogen-bond acceptors (Lipinski definition) is 7. The Bertz CT molecular complexity index is 1230. The van der Waals surface area contributed by atoms with Crippen molar-refractivity contribution in [3.8, 4) is 0 Å². The maximum atomic E-state index is 13.3. The summed E-state index contributed by atoms with van der Waals surface area (Å²) in [5.41, 5.74) is 2.36. The lowest BCUT2D eigenvalue weighted by Crippen LogP contribution is -2.39. The monoisotopic (exact) mass is 536 g/mol. The van der Waals surface area contributed by atoms with E-state index in [1.807, 2.05) is 19.1 Å². The number of fused-ring (bicyclic) bond motifs is 1. The first-order valence-electron chi connectivity index (χ1n) is 11.0. The van der Waals surface area contributed by atoms with Crippen molar-refractivity contribution < 1.29 is 14.5 Å². The van der Waals surface area contributed by atoms with Gasteiger partial charge in [-0.15, -0.1) is 12.4 Å². The fraction of sp³-hybridized carbons (Fsp3) is 0.333. The fourth-order valence-electron chi connectivity index (χ4n) is 3.83. The standard InChI is InChI=1S/C24H25ClN4O4S.ClH/c1-17-14-19(25)16-21-23(17)26-24(34-21)28(9-3-8-27-10-12-33-13-11-27)22(30)7-6-18-4-2-5-20(15-18)29(31)32;/h2,4-7,14-16H,3,8-13H2,1H3;1H. The normalized spacial score (nSPS) is 14.2. The lowest BCUT2D eigenvalue weighted by atomic mass is 10.2. The number of rotatable bonds is 8. The Hall–Kier alpha value is -2.56. The lowest BCUT2D eigenvalue weighted by Gasteiger charge is -2.27. The van der Waals surface area contributed by atoms with Gasteiger partial charge in [0.05, 0.1) is 28.4 Å². The van der Waals surface area contributed by atoms with Crippen LogP contribution in [0.5, 0.6) is 0 Å². The van der Waals surface area contributed by atoms with Crippen molar-refractivity contribution in [3.63, 3.8) is 0 Å². The molecule has 35 heavy (non-hydrogen) atoms. The van der Waals surface area contributed by atoms with Crippen LogP contribution in [0.1, 0.15) is 17.5 Å². The second-order valence-corrected chi connectivity index (χ2v) is 9.49. The van der Waals surface area contributed by atoms with E-state index in [4.69, 9.17) is 21.3 Å². The molecule has 0 bridgehead atoms. The molecule has 0 atom stereocenters. The first-order chi connectivity index (χ1) is 16.4. The maximum absolute atomic E-state index is 13.3. The van der Waals surface area contributed by atoms with E-state index in [1.165, 1.54) is 29.5 Å². The van der Waals surface area contributed by atoms with Crippen molar-refractivity contribution in [2.75, 3.05) is 44.3 Å². The molecule has 1 aliphatic heterocycles. The second-order valence-electron chi connectivity index (χ2n) is 8.05. The number of aromatic nitrogens is 1. The molecule has 0 aliphatic carbocycles. The molecule has 4 rings (SSSR count). The van der Waals surface area contributed by atoms with Gasteiger partial charge in [-0.05, 0) is 42.7 Å². The highest BCUT2D eigenvalue weighted by Gasteiger charge is 2.20. The molecular formula is C24H26Cl2N4O4S. The molecule has 1 amide bonds. The van der Waals surface area contributed by atoms with Crippen molar-refractivity contribution >= 4 is 68.4 Å². The maximum Gasteiger partial charge on any atom is 0.270 e. The van der Waals surface area contributed by atoms with Gasteiger partial charge < -0.3 is 4.74 Å². The van der Waals surface area contributed by atoms with Crippen LogP contribution in [0.25, 0.3) is 16.3 Å². The Morgan fingerprint density at radius 3 is 2.83 bits per heavy atom. The number of halogens is 2. The van der Waals surface area contributed by atoms with Crippen LogP contribution in [0.3, 0.4) is 0 Å². The minimum atomic E-state index is -0.453. The number of nitrogens with zero attached hydrogens (tertiary/aromatic N) is 4. The summed E-state index contributed by atoms with van der Waals surface area (Å²) in [4.78, 5) is 32.6. The largest absolute Gasteiger partial charge is 0.379 e. The molecule has 1 aromatic heterocycles. The number of anilines is 1. The van der Waals surface area contributed by atoms with Crippen LogP contribution in [0.15, 0.2) is 42.5 Å². The summed E-state index contributed by atoms with van der Waals surface area (Å²) >= 11 is 7.65. The number of non-ortho nitro benzene ring substituents is 1. The zero-order valence-electron chi connectivity index (χ0n) is 19.2. The molecule has 3 aromatic rings. The van der Waals surface area contributed by atoms with Gasteiger partial charge in [-0.2, -0.15) is 0 Å². The van der Waals surface area contributed by atoms with E-state index in [2.05, 4.69) is 4.90 Å². The average molecular weight is 537 g/mol. The zero-order valence-corrected chi connectivity index (χ0v) is 21.6. The molecule has 8 nitrogen and oxygen atoms in total. The smallest absolute Gasteiger partial charge is 0.270 e. The van der Waals surface area contributed by atoms with Crippen LogP contribution in [-0.4, -0.2) is 60.1 Å². The molecule has 0 saturated carbocycles. The first kappa shape index (κ1) is 27.0. The van der Waals surface area contributed by atoms with Gasteiger partial charge in [-0.1, -0.05) is 35.1 Å². The van der Waals surface area contributed by atoms with Crippen LogP contribution < -0.4 is 4.90 Å². The molecule has 1 saturated heterocycles. The van der Waals surface area contributed by atoms with Crippen LogP contribution in [0.4, 0.5) is 10.8 Å². The molecule has 0 unspecified atom stereocenters. The summed E-state index contributed by atoms with van der Waals surface area (Å²) in [7, 11) is 0. The molecule has 0 radical (unpaired) electrons. The molecular weight excluding hydrogens is 511 g/mol. The van der Waals surface area contributed by atoms with Crippen LogP contribution in [0.2, 0.25) is 5.02 Å². The van der Waals surface area contributed by atoms with Crippen molar-refractivity contribution in [2.45, 2.75) is 13.3 Å². The number of amides is 1. The number of thiazole rings is 1. The van der Waals surface area contributed by atoms with E-state index in [1.54, 1.807) is 23.1 Å². The van der Waals surface area contributed by atoms with E-state index in [-0.39, 0.29) is 24.0 Å². The summed E-state index contributed by atoms with van der Waals surface area (Å²) in [6, 6.07) is 9.91. The first-order valence-corrected chi connectivity index (χ1v) is 12.2. The number of morpholine rings is 1. The van der Waals surface area contributed by atoms with Gasteiger partial charge in [0.15, 0.2) is 5.13 Å². The number of carbonyl (C=O) groups excluding carboxylic acids is 1. The SMILES string of the molecule is Cc1cc(Cl)cc2sc(N(CCCN3CCOCC3)C(=O)C=Cc3cccc([N+](=O)[O-])c3)nc12.Cl. The van der Waals surface area contributed by atoms with Crippen molar-refractivity contribution in [3.05, 3.63) is 68.7 Å². The summed E-state index contributed by atoms with van der Waals surface area (Å²) in [5.74, 6) is -0.226. The molecule has 2 aromatic carbocycles. The number of carbonyl (C=O) groups is 1. The Morgan fingerprint density at radius 1 is 1.31 bits per heavy atom. The molecule has 11 heteroatoms. The predicted molar refractivity (Wildman–Crippen MR) is 143 cm³/mol. The predicted octanol–water partition coefficient (Wildman–Crippen LogP) is 5.36. The van der Waals surface area contributed by atoms with Gasteiger partial charge in [0.2, 0.25) is 0 Å². The minimum Gasteiger partial charge on any atom is -0.379 e. The molecule has 0 spiro atoms. The second kappa shape index (κ2) is 12.4. The summed E-state index contributed by atoms with van der Waals surface area (Å²) in [5, 5.41) is 12.3. The highest BCUT2D eigenvalue weighted by molar-refractivity contribution is 7.22. The van der Waals surface area contributed by atoms with Gasteiger partial charge in [0, 0.05) is 49.4 Å². The Kier molecular flexibility index (Phi) is 9.59. The number of ether oxygens (including phenoxy) is 1. The van der Waals surface area contributed by atoms with Gasteiger partial charge >= 0.3 is 0 Å². The van der Waals surface area contributed by atoms with Gasteiger partial charge in [0.1, 0.15) is 0 Å².